The maximum atomic E-state index is 12.3. The third-order valence-corrected chi connectivity index (χ3v) is 4.87. The fraction of sp³-hybridized carbons (Fsp3) is 0.882. The lowest BCUT2D eigenvalue weighted by molar-refractivity contribution is -0.137. The Bertz CT molecular complexity index is 389. The second-order valence-corrected chi connectivity index (χ2v) is 7.30. The van der Waals surface area contributed by atoms with Crippen molar-refractivity contribution in [1.29, 1.82) is 0 Å². The van der Waals surface area contributed by atoms with Gasteiger partial charge in [-0.15, -0.1) is 0 Å². The van der Waals surface area contributed by atoms with Crippen molar-refractivity contribution in [3.63, 3.8) is 0 Å². The van der Waals surface area contributed by atoms with Gasteiger partial charge in [0.15, 0.2) is 0 Å². The van der Waals surface area contributed by atoms with E-state index >= 15 is 0 Å². The van der Waals surface area contributed by atoms with Gasteiger partial charge in [-0.2, -0.15) is 0 Å². The van der Waals surface area contributed by atoms with Crippen LogP contribution in [-0.2, 0) is 9.59 Å². The topological polar surface area (TPSA) is 66.6 Å². The standard InChI is InChI=1S/C17H31N3O2/c1-13(2)11-15(18)17(22)19-9-6-14(7-10-19)12-20-8-4-3-5-16(20)21/h13-15H,3-12,18H2,1-2H3/t15-/m0/s1. The zero-order valence-corrected chi connectivity index (χ0v) is 14.1. The molecule has 126 valence electrons. The summed E-state index contributed by atoms with van der Waals surface area (Å²) in [5, 5.41) is 0. The van der Waals surface area contributed by atoms with Gasteiger partial charge in [0.2, 0.25) is 11.8 Å². The Balaban J connectivity index is 1.75. The number of likely N-dealkylation sites (tertiary alicyclic amines) is 2. The van der Waals surface area contributed by atoms with Gasteiger partial charge < -0.3 is 15.5 Å². The zero-order valence-electron chi connectivity index (χ0n) is 14.1. The third kappa shape index (κ3) is 4.70. The average Bonchev–Trinajstić information content (AvgIpc) is 2.49. The van der Waals surface area contributed by atoms with E-state index in [1.165, 1.54) is 0 Å². The van der Waals surface area contributed by atoms with Gasteiger partial charge in [0, 0.05) is 32.6 Å². The smallest absolute Gasteiger partial charge is 0.239 e. The van der Waals surface area contributed by atoms with Crippen LogP contribution in [0.5, 0.6) is 0 Å². The van der Waals surface area contributed by atoms with Crippen molar-refractivity contribution >= 4 is 11.8 Å². The monoisotopic (exact) mass is 309 g/mol. The van der Waals surface area contributed by atoms with E-state index in [0.717, 1.165) is 58.3 Å². The highest BCUT2D eigenvalue weighted by molar-refractivity contribution is 5.81. The number of hydrogen-bond donors (Lipinski definition) is 1. The van der Waals surface area contributed by atoms with E-state index in [-0.39, 0.29) is 11.9 Å². The van der Waals surface area contributed by atoms with Crippen molar-refractivity contribution in [2.45, 2.75) is 58.4 Å². The summed E-state index contributed by atoms with van der Waals surface area (Å²) >= 11 is 0. The number of amides is 2. The van der Waals surface area contributed by atoms with Crippen LogP contribution in [0, 0.1) is 11.8 Å². The summed E-state index contributed by atoms with van der Waals surface area (Å²) in [4.78, 5) is 28.1. The molecular weight excluding hydrogens is 278 g/mol. The minimum absolute atomic E-state index is 0.0983. The minimum atomic E-state index is -0.361. The zero-order chi connectivity index (χ0) is 16.1. The van der Waals surface area contributed by atoms with Crippen LogP contribution in [0.4, 0.5) is 0 Å². The van der Waals surface area contributed by atoms with Gasteiger partial charge in [-0.3, -0.25) is 9.59 Å². The molecule has 2 fully saturated rings. The van der Waals surface area contributed by atoms with E-state index < -0.39 is 0 Å². The first-order valence-electron chi connectivity index (χ1n) is 8.79. The van der Waals surface area contributed by atoms with Crippen molar-refractivity contribution in [3.05, 3.63) is 0 Å². The highest BCUT2D eigenvalue weighted by atomic mass is 16.2. The largest absolute Gasteiger partial charge is 0.342 e. The lowest BCUT2D eigenvalue weighted by Crippen LogP contribution is -2.49. The molecule has 5 heteroatoms. The molecule has 2 amide bonds. The van der Waals surface area contributed by atoms with Gasteiger partial charge >= 0.3 is 0 Å². The van der Waals surface area contributed by atoms with Crippen LogP contribution in [0.1, 0.15) is 52.4 Å². The van der Waals surface area contributed by atoms with E-state index in [9.17, 15) is 9.59 Å². The number of nitrogens with zero attached hydrogens (tertiary/aromatic N) is 2. The number of carbonyl (C=O) groups is 2. The van der Waals surface area contributed by atoms with Crippen molar-refractivity contribution in [2.75, 3.05) is 26.2 Å². The molecule has 0 spiro atoms. The third-order valence-electron chi connectivity index (χ3n) is 4.87. The SMILES string of the molecule is CC(C)C[C@H](N)C(=O)N1CCC(CN2CCCCC2=O)CC1. The van der Waals surface area contributed by atoms with Crippen LogP contribution < -0.4 is 5.73 Å². The second kappa shape index (κ2) is 7.95. The van der Waals surface area contributed by atoms with Crippen LogP contribution in [0.3, 0.4) is 0 Å². The molecule has 0 aromatic heterocycles. The first-order valence-corrected chi connectivity index (χ1v) is 8.79. The van der Waals surface area contributed by atoms with Crippen LogP contribution >= 0.6 is 0 Å². The van der Waals surface area contributed by atoms with Crippen molar-refractivity contribution in [1.82, 2.24) is 9.80 Å². The average molecular weight is 309 g/mol. The van der Waals surface area contributed by atoms with E-state index in [0.29, 0.717) is 24.2 Å². The quantitative estimate of drug-likeness (QED) is 0.839. The van der Waals surface area contributed by atoms with E-state index in [1.54, 1.807) is 0 Å². The molecule has 0 aromatic rings. The predicted molar refractivity (Wildman–Crippen MR) is 87.2 cm³/mol. The molecule has 0 bridgehead atoms. The molecule has 0 aromatic carbocycles. The molecule has 0 aliphatic carbocycles. The number of nitrogens with two attached hydrogens (primary N) is 1. The van der Waals surface area contributed by atoms with Crippen LogP contribution in [0.25, 0.3) is 0 Å². The normalized spacial score (nSPS) is 22.3. The highest BCUT2D eigenvalue weighted by Crippen LogP contribution is 2.22. The summed E-state index contributed by atoms with van der Waals surface area (Å²) in [7, 11) is 0. The minimum Gasteiger partial charge on any atom is -0.342 e. The van der Waals surface area contributed by atoms with E-state index in [4.69, 9.17) is 5.73 Å². The Morgan fingerprint density at radius 3 is 2.50 bits per heavy atom. The molecular formula is C17H31N3O2. The summed E-state index contributed by atoms with van der Waals surface area (Å²) in [6.07, 6.45) is 5.61. The van der Waals surface area contributed by atoms with Crippen LogP contribution in [0.2, 0.25) is 0 Å². The lowest BCUT2D eigenvalue weighted by Gasteiger charge is -2.37. The molecule has 0 unspecified atom stereocenters. The van der Waals surface area contributed by atoms with Gasteiger partial charge in [0.05, 0.1) is 6.04 Å². The molecule has 2 aliphatic rings. The van der Waals surface area contributed by atoms with Crippen LogP contribution in [-0.4, -0.2) is 53.8 Å². The van der Waals surface area contributed by atoms with Gasteiger partial charge in [-0.25, -0.2) is 0 Å². The number of hydrogen-bond acceptors (Lipinski definition) is 3. The summed E-state index contributed by atoms with van der Waals surface area (Å²) in [6, 6.07) is -0.361. The molecule has 2 N–H and O–H groups in total. The maximum absolute atomic E-state index is 12.3. The van der Waals surface area contributed by atoms with Crippen molar-refractivity contribution < 1.29 is 9.59 Å². The molecule has 2 rings (SSSR count). The first kappa shape index (κ1) is 17.3. The number of piperidine rings is 2. The van der Waals surface area contributed by atoms with Crippen molar-refractivity contribution in [2.24, 2.45) is 17.6 Å². The molecule has 22 heavy (non-hydrogen) atoms. The van der Waals surface area contributed by atoms with Gasteiger partial charge in [-0.1, -0.05) is 13.8 Å². The second-order valence-electron chi connectivity index (χ2n) is 7.30. The predicted octanol–water partition coefficient (Wildman–Crippen LogP) is 1.61. The number of rotatable bonds is 5. The van der Waals surface area contributed by atoms with E-state index in [1.807, 2.05) is 9.80 Å². The van der Waals surface area contributed by atoms with Gasteiger partial charge in [-0.05, 0) is 43.9 Å². The Morgan fingerprint density at radius 2 is 1.91 bits per heavy atom. The summed E-state index contributed by atoms with van der Waals surface area (Å²) in [5.74, 6) is 1.39. The molecule has 5 nitrogen and oxygen atoms in total. The fourth-order valence-corrected chi connectivity index (χ4v) is 3.55. The summed E-state index contributed by atoms with van der Waals surface area (Å²) < 4.78 is 0. The summed E-state index contributed by atoms with van der Waals surface area (Å²) in [5.41, 5.74) is 6.01. The fourth-order valence-electron chi connectivity index (χ4n) is 3.55. The molecule has 0 saturated carbocycles. The molecule has 2 heterocycles. The summed E-state index contributed by atoms with van der Waals surface area (Å²) in [6.45, 7) is 7.55. The highest BCUT2D eigenvalue weighted by Gasteiger charge is 2.28. The lowest BCUT2D eigenvalue weighted by atomic mass is 9.94. The number of carbonyl (C=O) groups excluding carboxylic acids is 2. The Labute approximate surface area is 134 Å². The molecule has 2 aliphatic heterocycles. The Kier molecular flexibility index (Phi) is 6.24. The Morgan fingerprint density at radius 1 is 1.23 bits per heavy atom. The molecule has 1 atom stereocenters. The van der Waals surface area contributed by atoms with Gasteiger partial charge in [0.1, 0.15) is 0 Å². The maximum Gasteiger partial charge on any atom is 0.239 e. The van der Waals surface area contributed by atoms with Crippen molar-refractivity contribution in [3.8, 4) is 0 Å². The molecule has 2 saturated heterocycles. The van der Waals surface area contributed by atoms with Crippen LogP contribution in [0.15, 0.2) is 0 Å². The molecule has 0 radical (unpaired) electrons. The first-order chi connectivity index (χ1) is 10.5. The van der Waals surface area contributed by atoms with E-state index in [2.05, 4.69) is 13.8 Å². The Hall–Kier alpha value is -1.10. The van der Waals surface area contributed by atoms with Gasteiger partial charge in [0.25, 0.3) is 0 Å².